The second kappa shape index (κ2) is 6.02. The fourth-order valence-electron chi connectivity index (χ4n) is 1.75. The number of hydrogen-bond donors (Lipinski definition) is 1. The van der Waals surface area contributed by atoms with Crippen LogP contribution in [0.4, 0.5) is 5.82 Å². The molecule has 0 saturated carbocycles. The summed E-state index contributed by atoms with van der Waals surface area (Å²) in [4.78, 5) is 0. The molecule has 0 aliphatic rings. The number of nitrogens with zero attached hydrogens (tertiary/aromatic N) is 2. The van der Waals surface area contributed by atoms with E-state index in [1.54, 1.807) is 0 Å². The molecule has 0 atom stereocenters. The van der Waals surface area contributed by atoms with Crippen LogP contribution in [0.2, 0.25) is 5.02 Å². The van der Waals surface area contributed by atoms with E-state index in [2.05, 4.69) is 35.4 Å². The van der Waals surface area contributed by atoms with Crippen molar-refractivity contribution in [1.29, 1.82) is 0 Å². The van der Waals surface area contributed by atoms with Crippen LogP contribution < -0.4 is 5.32 Å². The Balaban J connectivity index is 2.05. The van der Waals surface area contributed by atoms with Crippen LogP contribution in [-0.2, 0) is 6.54 Å². The van der Waals surface area contributed by atoms with Gasteiger partial charge in [0.15, 0.2) is 5.82 Å². The topological polar surface area (TPSA) is 37.8 Å². The van der Waals surface area contributed by atoms with Gasteiger partial charge in [0.1, 0.15) is 0 Å². The van der Waals surface area contributed by atoms with Gasteiger partial charge in [-0.25, -0.2) is 0 Å². The predicted molar refractivity (Wildman–Crippen MR) is 79.6 cm³/mol. The summed E-state index contributed by atoms with van der Waals surface area (Å²) in [6, 6.07) is 9.86. The third-order valence-electron chi connectivity index (χ3n) is 2.97. The largest absolute Gasteiger partial charge is 0.364 e. The van der Waals surface area contributed by atoms with Crippen LogP contribution in [0.3, 0.4) is 0 Å². The van der Waals surface area contributed by atoms with Gasteiger partial charge in [0.25, 0.3) is 0 Å². The van der Waals surface area contributed by atoms with E-state index in [0.29, 0.717) is 12.5 Å². The third-order valence-corrected chi connectivity index (χ3v) is 3.22. The lowest BCUT2D eigenvalue weighted by molar-refractivity contribution is 0.781. The van der Waals surface area contributed by atoms with Gasteiger partial charge in [0.2, 0.25) is 0 Å². The van der Waals surface area contributed by atoms with E-state index in [0.717, 1.165) is 22.1 Å². The summed E-state index contributed by atoms with van der Waals surface area (Å²) >= 11 is 5.86. The second-order valence-electron chi connectivity index (χ2n) is 4.94. The highest BCUT2D eigenvalue weighted by Gasteiger charge is 2.06. The zero-order valence-corrected chi connectivity index (χ0v) is 12.2. The summed E-state index contributed by atoms with van der Waals surface area (Å²) in [7, 11) is 0. The van der Waals surface area contributed by atoms with Gasteiger partial charge in [-0.2, -0.15) is 5.10 Å². The lowest BCUT2D eigenvalue weighted by Gasteiger charge is -2.10. The first-order valence-electron chi connectivity index (χ1n) is 6.39. The highest BCUT2D eigenvalue weighted by atomic mass is 35.5. The van der Waals surface area contributed by atoms with Gasteiger partial charge in [-0.15, -0.1) is 5.10 Å². The van der Waals surface area contributed by atoms with Gasteiger partial charge in [0, 0.05) is 11.6 Å². The molecule has 1 aromatic carbocycles. The molecule has 0 saturated heterocycles. The van der Waals surface area contributed by atoms with Gasteiger partial charge in [-0.05, 0) is 42.2 Å². The van der Waals surface area contributed by atoms with Crippen LogP contribution in [0.25, 0.3) is 0 Å². The average Bonchev–Trinajstić information content (AvgIpc) is 2.39. The van der Waals surface area contributed by atoms with Crippen LogP contribution in [0, 0.1) is 6.92 Å². The minimum absolute atomic E-state index is 0.400. The molecule has 0 bridgehead atoms. The first-order chi connectivity index (χ1) is 9.06. The number of anilines is 1. The molecule has 19 heavy (non-hydrogen) atoms. The van der Waals surface area contributed by atoms with E-state index in [-0.39, 0.29) is 0 Å². The quantitative estimate of drug-likeness (QED) is 0.910. The molecule has 0 spiro atoms. The molecular weight excluding hydrogens is 258 g/mol. The molecule has 0 amide bonds. The molecule has 0 fully saturated rings. The second-order valence-corrected chi connectivity index (χ2v) is 5.37. The maximum atomic E-state index is 5.86. The first-order valence-corrected chi connectivity index (χ1v) is 6.76. The minimum atomic E-state index is 0.400. The van der Waals surface area contributed by atoms with Crippen LogP contribution in [-0.4, -0.2) is 10.2 Å². The summed E-state index contributed by atoms with van der Waals surface area (Å²) in [6.45, 7) is 6.99. The van der Waals surface area contributed by atoms with Crippen molar-refractivity contribution in [2.45, 2.75) is 33.2 Å². The number of rotatable bonds is 4. The zero-order chi connectivity index (χ0) is 13.8. The Labute approximate surface area is 119 Å². The van der Waals surface area contributed by atoms with Crippen LogP contribution >= 0.6 is 11.6 Å². The fourth-order valence-corrected chi connectivity index (χ4v) is 1.88. The van der Waals surface area contributed by atoms with E-state index in [1.165, 1.54) is 5.56 Å². The highest BCUT2D eigenvalue weighted by Crippen LogP contribution is 2.17. The molecule has 3 nitrogen and oxygen atoms in total. The summed E-state index contributed by atoms with van der Waals surface area (Å²) < 4.78 is 0. The summed E-state index contributed by atoms with van der Waals surface area (Å²) in [5.74, 6) is 1.23. The smallest absolute Gasteiger partial charge is 0.151 e. The van der Waals surface area contributed by atoms with Gasteiger partial charge < -0.3 is 5.32 Å². The summed E-state index contributed by atoms with van der Waals surface area (Å²) in [5.41, 5.74) is 3.31. The van der Waals surface area contributed by atoms with Crippen molar-refractivity contribution in [3.05, 3.63) is 52.2 Å². The number of nitrogens with one attached hydrogen (secondary N) is 1. The molecule has 2 aromatic rings. The van der Waals surface area contributed by atoms with Crippen molar-refractivity contribution >= 4 is 17.4 Å². The van der Waals surface area contributed by atoms with E-state index >= 15 is 0 Å². The lowest BCUT2D eigenvalue weighted by Crippen LogP contribution is -2.06. The maximum absolute atomic E-state index is 5.86. The van der Waals surface area contributed by atoms with Gasteiger partial charge in [0.05, 0.1) is 5.69 Å². The Morgan fingerprint density at radius 3 is 2.42 bits per heavy atom. The Morgan fingerprint density at radius 1 is 1.16 bits per heavy atom. The third kappa shape index (κ3) is 3.67. The molecule has 0 unspecified atom stereocenters. The van der Waals surface area contributed by atoms with Crippen molar-refractivity contribution < 1.29 is 0 Å². The number of benzene rings is 1. The molecule has 4 heteroatoms. The molecule has 1 N–H and O–H groups in total. The van der Waals surface area contributed by atoms with E-state index in [4.69, 9.17) is 11.6 Å². The van der Waals surface area contributed by atoms with Gasteiger partial charge >= 0.3 is 0 Å². The predicted octanol–water partition coefficient (Wildman–Crippen LogP) is 4.17. The van der Waals surface area contributed by atoms with Crippen molar-refractivity contribution in [2.24, 2.45) is 0 Å². The number of halogens is 1. The van der Waals surface area contributed by atoms with Gasteiger partial charge in [-0.3, -0.25) is 0 Å². The molecule has 0 aliphatic carbocycles. The van der Waals surface area contributed by atoms with Crippen molar-refractivity contribution in [3.63, 3.8) is 0 Å². The Morgan fingerprint density at radius 2 is 1.84 bits per heavy atom. The van der Waals surface area contributed by atoms with Crippen molar-refractivity contribution in [2.75, 3.05) is 5.32 Å². The zero-order valence-electron chi connectivity index (χ0n) is 11.4. The lowest BCUT2D eigenvalue weighted by atomic mass is 10.1. The SMILES string of the molecule is Cc1cc(C(C)C)nnc1NCc1ccc(Cl)cc1. The van der Waals surface area contributed by atoms with E-state index < -0.39 is 0 Å². The molecule has 0 aliphatic heterocycles. The van der Waals surface area contributed by atoms with Gasteiger partial charge in [-0.1, -0.05) is 37.6 Å². The monoisotopic (exact) mass is 275 g/mol. The minimum Gasteiger partial charge on any atom is -0.364 e. The molecule has 1 heterocycles. The van der Waals surface area contributed by atoms with E-state index in [9.17, 15) is 0 Å². The number of aromatic nitrogens is 2. The molecule has 100 valence electrons. The normalized spacial score (nSPS) is 10.8. The maximum Gasteiger partial charge on any atom is 0.151 e. The Kier molecular flexibility index (Phi) is 4.38. The van der Waals surface area contributed by atoms with Crippen molar-refractivity contribution in [1.82, 2.24) is 10.2 Å². The fraction of sp³-hybridized carbons (Fsp3) is 0.333. The molecular formula is C15H18ClN3. The molecule has 0 radical (unpaired) electrons. The standard InChI is InChI=1S/C15H18ClN3/c1-10(2)14-8-11(3)15(19-18-14)17-9-12-4-6-13(16)7-5-12/h4-8,10H,9H2,1-3H3,(H,17,19). The van der Waals surface area contributed by atoms with Crippen LogP contribution in [0.1, 0.15) is 36.6 Å². The summed E-state index contributed by atoms with van der Waals surface area (Å²) in [5, 5.41) is 12.5. The number of aryl methyl sites for hydroxylation is 1. The van der Waals surface area contributed by atoms with Crippen LogP contribution in [0.15, 0.2) is 30.3 Å². The van der Waals surface area contributed by atoms with Crippen molar-refractivity contribution in [3.8, 4) is 0 Å². The molecule has 2 rings (SSSR count). The van der Waals surface area contributed by atoms with Crippen LogP contribution in [0.5, 0.6) is 0 Å². The first kappa shape index (κ1) is 13.8. The summed E-state index contributed by atoms with van der Waals surface area (Å²) in [6.07, 6.45) is 0. The van der Waals surface area contributed by atoms with E-state index in [1.807, 2.05) is 31.2 Å². The Bertz CT molecular complexity index is 550. The highest BCUT2D eigenvalue weighted by molar-refractivity contribution is 6.30. The Hall–Kier alpha value is -1.61. The average molecular weight is 276 g/mol. The number of hydrogen-bond acceptors (Lipinski definition) is 3. The molecule has 1 aromatic heterocycles.